The molecule has 0 fully saturated rings. The molecular weight excluding hydrogens is 264 g/mol. The number of benzene rings is 1. The number of aromatic nitrogens is 1. The van der Waals surface area contributed by atoms with Gasteiger partial charge in [-0.25, -0.2) is 0 Å². The van der Waals surface area contributed by atoms with Crippen molar-refractivity contribution in [1.82, 2.24) is 10.3 Å². The van der Waals surface area contributed by atoms with Crippen LogP contribution in [-0.2, 0) is 6.54 Å². The van der Waals surface area contributed by atoms with Crippen molar-refractivity contribution in [3.05, 3.63) is 78.3 Å². The van der Waals surface area contributed by atoms with Gasteiger partial charge >= 0.3 is 0 Å². The lowest BCUT2D eigenvalue weighted by Crippen LogP contribution is -2.23. The lowest BCUT2D eigenvalue weighted by atomic mass is 10.0. The second kappa shape index (κ2) is 6.05. The van der Waals surface area contributed by atoms with Gasteiger partial charge in [-0.1, -0.05) is 24.3 Å². The van der Waals surface area contributed by atoms with E-state index in [1.165, 1.54) is 0 Å². The molecule has 1 N–H and O–H groups in total. The topological polar surface area (TPSA) is 55.1 Å². The highest BCUT2D eigenvalue weighted by Crippen LogP contribution is 2.23. The summed E-state index contributed by atoms with van der Waals surface area (Å²) >= 11 is 0. The first-order valence-electron chi connectivity index (χ1n) is 6.65. The molecule has 104 valence electrons. The summed E-state index contributed by atoms with van der Waals surface area (Å²) in [5.74, 6) is 0.534. The summed E-state index contributed by atoms with van der Waals surface area (Å²) in [5, 5.41) is 2.87. The highest BCUT2D eigenvalue weighted by Gasteiger charge is 2.13. The number of pyridine rings is 1. The summed E-state index contributed by atoms with van der Waals surface area (Å²) in [6.07, 6.45) is 3.30. The molecule has 2 heterocycles. The summed E-state index contributed by atoms with van der Waals surface area (Å²) in [7, 11) is 0. The van der Waals surface area contributed by atoms with Crippen LogP contribution in [0.3, 0.4) is 0 Å². The number of furan rings is 1. The van der Waals surface area contributed by atoms with Gasteiger partial charge in [-0.05, 0) is 30.3 Å². The van der Waals surface area contributed by atoms with Crippen LogP contribution in [0.2, 0.25) is 0 Å². The molecule has 0 bridgehead atoms. The van der Waals surface area contributed by atoms with E-state index in [-0.39, 0.29) is 5.91 Å². The Labute approximate surface area is 122 Å². The fourth-order valence-corrected chi connectivity index (χ4v) is 2.10. The van der Waals surface area contributed by atoms with E-state index in [1.807, 2.05) is 42.5 Å². The molecule has 1 amide bonds. The van der Waals surface area contributed by atoms with E-state index in [0.29, 0.717) is 17.9 Å². The van der Waals surface area contributed by atoms with E-state index >= 15 is 0 Å². The smallest absolute Gasteiger partial charge is 0.252 e. The van der Waals surface area contributed by atoms with Crippen molar-refractivity contribution in [2.75, 3.05) is 0 Å². The third-order valence-corrected chi connectivity index (χ3v) is 3.11. The minimum atomic E-state index is -0.146. The van der Waals surface area contributed by atoms with E-state index in [0.717, 1.165) is 11.3 Å². The third-order valence-electron chi connectivity index (χ3n) is 3.11. The molecule has 0 radical (unpaired) electrons. The SMILES string of the molecule is O=C(NCc1ccccn1)c1ccccc1-c1ccco1. The average Bonchev–Trinajstić information content (AvgIpc) is 3.08. The van der Waals surface area contributed by atoms with Gasteiger partial charge < -0.3 is 9.73 Å². The van der Waals surface area contributed by atoms with E-state index in [2.05, 4.69) is 10.3 Å². The Bertz CT molecular complexity index is 722. The molecular formula is C17H14N2O2. The van der Waals surface area contributed by atoms with Crippen molar-refractivity contribution >= 4 is 5.91 Å². The monoisotopic (exact) mass is 278 g/mol. The van der Waals surface area contributed by atoms with Crippen LogP contribution in [0.15, 0.2) is 71.5 Å². The van der Waals surface area contributed by atoms with Crippen LogP contribution in [0, 0.1) is 0 Å². The highest BCUT2D eigenvalue weighted by molar-refractivity contribution is 6.00. The zero-order valence-corrected chi connectivity index (χ0v) is 11.3. The first-order chi connectivity index (χ1) is 10.3. The Morgan fingerprint density at radius 1 is 1.05 bits per heavy atom. The molecule has 3 rings (SSSR count). The predicted octanol–water partition coefficient (Wildman–Crippen LogP) is 3.27. The average molecular weight is 278 g/mol. The van der Waals surface area contributed by atoms with Crippen molar-refractivity contribution in [2.24, 2.45) is 0 Å². The molecule has 4 nitrogen and oxygen atoms in total. The van der Waals surface area contributed by atoms with Gasteiger partial charge in [-0.3, -0.25) is 9.78 Å². The van der Waals surface area contributed by atoms with Crippen LogP contribution in [-0.4, -0.2) is 10.9 Å². The minimum Gasteiger partial charge on any atom is -0.464 e. The predicted molar refractivity (Wildman–Crippen MR) is 79.6 cm³/mol. The van der Waals surface area contributed by atoms with Crippen LogP contribution >= 0.6 is 0 Å². The maximum Gasteiger partial charge on any atom is 0.252 e. The molecule has 0 aliphatic rings. The Kier molecular flexibility index (Phi) is 3.78. The van der Waals surface area contributed by atoms with Gasteiger partial charge in [0.2, 0.25) is 0 Å². The van der Waals surface area contributed by atoms with Crippen LogP contribution in [0.25, 0.3) is 11.3 Å². The van der Waals surface area contributed by atoms with Crippen molar-refractivity contribution in [2.45, 2.75) is 6.54 Å². The summed E-state index contributed by atoms with van der Waals surface area (Å²) in [4.78, 5) is 16.5. The first kappa shape index (κ1) is 13.1. The van der Waals surface area contributed by atoms with Crippen LogP contribution in [0.5, 0.6) is 0 Å². The number of amides is 1. The van der Waals surface area contributed by atoms with Gasteiger partial charge in [-0.2, -0.15) is 0 Å². The summed E-state index contributed by atoms with van der Waals surface area (Å²) in [5.41, 5.74) is 2.19. The Balaban J connectivity index is 1.79. The number of rotatable bonds is 4. The zero-order chi connectivity index (χ0) is 14.5. The van der Waals surface area contributed by atoms with Gasteiger partial charge in [0.25, 0.3) is 5.91 Å². The quantitative estimate of drug-likeness (QED) is 0.797. The molecule has 4 heteroatoms. The highest BCUT2D eigenvalue weighted by atomic mass is 16.3. The van der Waals surface area contributed by atoms with Gasteiger partial charge in [0.15, 0.2) is 0 Å². The normalized spacial score (nSPS) is 10.3. The Morgan fingerprint density at radius 3 is 2.67 bits per heavy atom. The number of carbonyl (C=O) groups is 1. The maximum atomic E-state index is 12.4. The Hall–Kier alpha value is -2.88. The van der Waals surface area contributed by atoms with Crippen LogP contribution in [0.1, 0.15) is 16.1 Å². The zero-order valence-electron chi connectivity index (χ0n) is 11.3. The molecule has 0 aliphatic heterocycles. The summed E-state index contributed by atoms with van der Waals surface area (Å²) in [6.45, 7) is 0.395. The minimum absolute atomic E-state index is 0.146. The van der Waals surface area contributed by atoms with E-state index < -0.39 is 0 Å². The second-order valence-corrected chi connectivity index (χ2v) is 4.53. The molecule has 0 spiro atoms. The standard InChI is InChI=1S/C17H14N2O2/c20-17(19-12-13-6-3-4-10-18-13)15-8-2-1-7-14(15)16-9-5-11-21-16/h1-11H,12H2,(H,19,20). The van der Waals surface area contributed by atoms with Crippen LogP contribution < -0.4 is 5.32 Å². The van der Waals surface area contributed by atoms with Gasteiger partial charge in [0, 0.05) is 11.8 Å². The summed E-state index contributed by atoms with van der Waals surface area (Å²) in [6, 6.07) is 16.6. The molecule has 0 unspecified atom stereocenters. The second-order valence-electron chi connectivity index (χ2n) is 4.53. The lowest BCUT2D eigenvalue weighted by Gasteiger charge is -2.08. The molecule has 21 heavy (non-hydrogen) atoms. The number of carbonyl (C=O) groups excluding carboxylic acids is 1. The Morgan fingerprint density at radius 2 is 1.90 bits per heavy atom. The fourth-order valence-electron chi connectivity index (χ4n) is 2.10. The maximum absolute atomic E-state index is 12.4. The molecule has 0 atom stereocenters. The van der Waals surface area contributed by atoms with Gasteiger partial charge in [0.05, 0.1) is 24.1 Å². The number of nitrogens with zero attached hydrogens (tertiary/aromatic N) is 1. The van der Waals surface area contributed by atoms with E-state index in [9.17, 15) is 4.79 Å². The molecule has 3 aromatic rings. The molecule has 2 aromatic heterocycles. The van der Waals surface area contributed by atoms with E-state index in [4.69, 9.17) is 4.42 Å². The van der Waals surface area contributed by atoms with Crippen molar-refractivity contribution in [3.8, 4) is 11.3 Å². The van der Waals surface area contributed by atoms with Crippen molar-refractivity contribution in [3.63, 3.8) is 0 Å². The molecule has 0 aliphatic carbocycles. The number of hydrogen-bond donors (Lipinski definition) is 1. The van der Waals surface area contributed by atoms with E-state index in [1.54, 1.807) is 24.6 Å². The fraction of sp³-hybridized carbons (Fsp3) is 0.0588. The van der Waals surface area contributed by atoms with Gasteiger partial charge in [-0.15, -0.1) is 0 Å². The van der Waals surface area contributed by atoms with Crippen LogP contribution in [0.4, 0.5) is 0 Å². The van der Waals surface area contributed by atoms with Gasteiger partial charge in [0.1, 0.15) is 5.76 Å². The lowest BCUT2D eigenvalue weighted by molar-refractivity contribution is 0.0951. The molecule has 0 saturated heterocycles. The molecule has 0 saturated carbocycles. The number of nitrogens with one attached hydrogen (secondary N) is 1. The third kappa shape index (κ3) is 3.00. The van der Waals surface area contributed by atoms with Crippen molar-refractivity contribution in [1.29, 1.82) is 0 Å². The first-order valence-corrected chi connectivity index (χ1v) is 6.65. The van der Waals surface area contributed by atoms with Crippen molar-refractivity contribution < 1.29 is 9.21 Å². The largest absolute Gasteiger partial charge is 0.464 e. The summed E-state index contributed by atoms with van der Waals surface area (Å²) < 4.78 is 5.38. The number of hydrogen-bond acceptors (Lipinski definition) is 3. The molecule has 1 aromatic carbocycles.